The van der Waals surface area contributed by atoms with E-state index in [1.807, 2.05) is 13.8 Å². The molecule has 0 aromatic carbocycles. The highest BCUT2D eigenvalue weighted by molar-refractivity contribution is 8.04. The zero-order valence-corrected chi connectivity index (χ0v) is 9.03. The van der Waals surface area contributed by atoms with Gasteiger partial charge in [0.15, 0.2) is 5.78 Å². The highest BCUT2D eigenvalue weighted by Crippen LogP contribution is 2.41. The van der Waals surface area contributed by atoms with Crippen LogP contribution in [-0.2, 0) is 9.59 Å². The second-order valence-electron chi connectivity index (χ2n) is 3.83. The van der Waals surface area contributed by atoms with E-state index in [-0.39, 0.29) is 16.3 Å². The van der Waals surface area contributed by atoms with Gasteiger partial charge in [-0.25, -0.2) is 0 Å². The average Bonchev–Trinajstić information content (AvgIpc) is 1.77. The molecule has 1 unspecified atom stereocenters. The van der Waals surface area contributed by atoms with Gasteiger partial charge in [0.2, 0.25) is 0 Å². The maximum atomic E-state index is 11.3. The molecule has 0 amide bonds. The van der Waals surface area contributed by atoms with Crippen molar-refractivity contribution >= 4 is 23.3 Å². The molecular weight excluding hydrogens is 184 g/mol. The molecule has 0 aromatic rings. The normalized spacial score (nSPS) is 28.5. The van der Waals surface area contributed by atoms with Gasteiger partial charge in [-0.05, 0) is 31.8 Å². The van der Waals surface area contributed by atoms with Crippen molar-refractivity contribution in [2.75, 3.05) is 0 Å². The lowest BCUT2D eigenvalue weighted by Crippen LogP contribution is -2.29. The Labute approximate surface area is 82.8 Å². The van der Waals surface area contributed by atoms with Crippen molar-refractivity contribution in [3.63, 3.8) is 0 Å². The van der Waals surface area contributed by atoms with Crippen LogP contribution in [0.1, 0.15) is 33.6 Å². The molecule has 0 bridgehead atoms. The first-order valence-electron chi connectivity index (χ1n) is 4.31. The molecule has 0 fully saturated rings. The van der Waals surface area contributed by atoms with E-state index in [1.165, 1.54) is 0 Å². The molecule has 72 valence electrons. The van der Waals surface area contributed by atoms with E-state index in [0.29, 0.717) is 12.8 Å². The number of carbonyl (C=O) groups is 2. The van der Waals surface area contributed by atoms with Crippen molar-refractivity contribution in [1.82, 2.24) is 0 Å². The van der Waals surface area contributed by atoms with Crippen molar-refractivity contribution in [3.8, 4) is 0 Å². The summed E-state index contributed by atoms with van der Waals surface area (Å²) in [7, 11) is 0. The second kappa shape index (κ2) is 3.66. The summed E-state index contributed by atoms with van der Waals surface area (Å²) < 4.78 is -0.207. The largest absolute Gasteiger partial charge is 0.300 e. The highest BCUT2D eigenvalue weighted by Gasteiger charge is 2.32. The first-order valence-corrected chi connectivity index (χ1v) is 5.12. The van der Waals surface area contributed by atoms with Crippen LogP contribution in [0.4, 0.5) is 0 Å². The summed E-state index contributed by atoms with van der Waals surface area (Å²) in [6.07, 6.45) is 2.62. The van der Waals surface area contributed by atoms with Crippen LogP contribution in [0.3, 0.4) is 0 Å². The van der Waals surface area contributed by atoms with Crippen LogP contribution in [0.25, 0.3) is 0 Å². The van der Waals surface area contributed by atoms with Crippen LogP contribution in [-0.4, -0.2) is 16.3 Å². The van der Waals surface area contributed by atoms with Crippen LogP contribution in [0.15, 0.2) is 11.0 Å². The van der Waals surface area contributed by atoms with Gasteiger partial charge >= 0.3 is 0 Å². The quantitative estimate of drug-likeness (QED) is 0.683. The van der Waals surface area contributed by atoms with E-state index in [0.717, 1.165) is 4.91 Å². The molecule has 0 aliphatic carbocycles. The zero-order valence-electron chi connectivity index (χ0n) is 8.22. The number of allylic oxidation sites excluding steroid dienone is 2. The molecule has 2 nitrogen and oxygen atoms in total. The molecule has 1 aliphatic heterocycles. The van der Waals surface area contributed by atoms with E-state index in [2.05, 4.69) is 0 Å². The van der Waals surface area contributed by atoms with E-state index >= 15 is 0 Å². The summed E-state index contributed by atoms with van der Waals surface area (Å²) >= 11 is 1.64. The molecule has 3 heteroatoms. The standard InChI is InChI=1S/C10H14O2S/c1-7(11)5-10(3)6-9(12)4-8(2)13-10/h4H,5-6H2,1-3H3. The highest BCUT2D eigenvalue weighted by atomic mass is 32.2. The molecule has 1 heterocycles. The van der Waals surface area contributed by atoms with Gasteiger partial charge in [-0.3, -0.25) is 9.59 Å². The van der Waals surface area contributed by atoms with E-state index < -0.39 is 0 Å². The van der Waals surface area contributed by atoms with Crippen LogP contribution in [0.5, 0.6) is 0 Å². The molecule has 13 heavy (non-hydrogen) atoms. The minimum atomic E-state index is -0.207. The van der Waals surface area contributed by atoms with Crippen molar-refractivity contribution in [2.45, 2.75) is 38.4 Å². The maximum Gasteiger partial charge on any atom is 0.157 e. The number of hydrogen-bond donors (Lipinski definition) is 0. The minimum absolute atomic E-state index is 0.139. The fourth-order valence-corrected chi connectivity index (χ4v) is 3.18. The van der Waals surface area contributed by atoms with Crippen LogP contribution in [0, 0.1) is 0 Å². The van der Waals surface area contributed by atoms with Gasteiger partial charge in [0.25, 0.3) is 0 Å². The summed E-state index contributed by atoms with van der Waals surface area (Å²) in [4.78, 5) is 23.3. The topological polar surface area (TPSA) is 34.1 Å². The van der Waals surface area contributed by atoms with Gasteiger partial charge in [-0.1, -0.05) is 0 Å². The lowest BCUT2D eigenvalue weighted by molar-refractivity contribution is -0.118. The van der Waals surface area contributed by atoms with E-state index in [4.69, 9.17) is 0 Å². The molecule has 0 N–H and O–H groups in total. The fraction of sp³-hybridized carbons (Fsp3) is 0.600. The molecule has 0 radical (unpaired) electrons. The number of ketones is 2. The summed E-state index contributed by atoms with van der Waals surface area (Å²) in [6.45, 7) is 5.47. The number of carbonyl (C=O) groups excluding carboxylic acids is 2. The molecule has 0 spiro atoms. The monoisotopic (exact) mass is 198 g/mol. The Hall–Kier alpha value is -0.570. The van der Waals surface area contributed by atoms with Crippen molar-refractivity contribution in [3.05, 3.63) is 11.0 Å². The van der Waals surface area contributed by atoms with Crippen molar-refractivity contribution in [2.24, 2.45) is 0 Å². The summed E-state index contributed by atoms with van der Waals surface area (Å²) in [5, 5.41) is 0. The Morgan fingerprint density at radius 3 is 2.77 bits per heavy atom. The molecule has 0 saturated heterocycles. The first-order chi connectivity index (χ1) is 5.91. The van der Waals surface area contributed by atoms with Gasteiger partial charge in [-0.15, -0.1) is 11.8 Å². The van der Waals surface area contributed by atoms with E-state index in [1.54, 1.807) is 24.8 Å². The summed E-state index contributed by atoms with van der Waals surface area (Å²) in [5.74, 6) is 0.289. The molecule has 1 rings (SSSR count). The van der Waals surface area contributed by atoms with Gasteiger partial charge < -0.3 is 0 Å². The minimum Gasteiger partial charge on any atom is -0.300 e. The lowest BCUT2D eigenvalue weighted by Gasteiger charge is -2.30. The van der Waals surface area contributed by atoms with Crippen LogP contribution < -0.4 is 0 Å². The zero-order chi connectivity index (χ0) is 10.1. The predicted octanol–water partition coefficient (Wildman–Crippen LogP) is 2.33. The third-order valence-corrected chi connectivity index (χ3v) is 3.16. The number of hydrogen-bond acceptors (Lipinski definition) is 3. The lowest BCUT2D eigenvalue weighted by atomic mass is 9.97. The fourth-order valence-electron chi connectivity index (χ4n) is 1.73. The Bertz CT molecular complexity index is 281. The van der Waals surface area contributed by atoms with Crippen molar-refractivity contribution in [1.29, 1.82) is 0 Å². The first kappa shape index (κ1) is 10.5. The summed E-state index contributed by atoms with van der Waals surface area (Å²) in [5.41, 5.74) is 0. The van der Waals surface area contributed by atoms with E-state index in [9.17, 15) is 9.59 Å². The molecular formula is C10H14O2S. The third kappa shape index (κ3) is 2.99. The third-order valence-electron chi connectivity index (χ3n) is 1.94. The maximum absolute atomic E-state index is 11.3. The SMILES string of the molecule is CC(=O)CC1(C)CC(=O)C=C(C)S1. The van der Waals surface area contributed by atoms with Gasteiger partial charge in [0.05, 0.1) is 0 Å². The number of rotatable bonds is 2. The number of Topliss-reactive ketones (excluding diaryl/α,β-unsaturated/α-hetero) is 1. The van der Waals surface area contributed by atoms with Crippen molar-refractivity contribution < 1.29 is 9.59 Å². The Balaban J connectivity index is 2.77. The average molecular weight is 198 g/mol. The molecule has 1 atom stereocenters. The smallest absolute Gasteiger partial charge is 0.157 e. The predicted molar refractivity (Wildman–Crippen MR) is 54.7 cm³/mol. The Morgan fingerprint density at radius 1 is 1.69 bits per heavy atom. The van der Waals surface area contributed by atoms with Gasteiger partial charge in [0.1, 0.15) is 5.78 Å². The molecule has 1 aliphatic rings. The van der Waals surface area contributed by atoms with Gasteiger partial charge in [-0.2, -0.15) is 0 Å². The Morgan fingerprint density at radius 2 is 2.31 bits per heavy atom. The Kier molecular flexibility index (Phi) is 2.96. The second-order valence-corrected chi connectivity index (χ2v) is 5.66. The molecule has 0 aromatic heterocycles. The van der Waals surface area contributed by atoms with Crippen LogP contribution in [0.2, 0.25) is 0 Å². The van der Waals surface area contributed by atoms with Gasteiger partial charge in [0, 0.05) is 17.6 Å². The molecule has 0 saturated carbocycles. The number of thioether (sulfide) groups is 1. The summed E-state index contributed by atoms with van der Waals surface area (Å²) in [6, 6.07) is 0. The van der Waals surface area contributed by atoms with Crippen LogP contribution >= 0.6 is 11.8 Å².